The maximum absolute atomic E-state index is 5.91. The van der Waals surface area contributed by atoms with Crippen molar-refractivity contribution >= 4 is 11.6 Å². The molecule has 2 nitrogen and oxygen atoms in total. The summed E-state index contributed by atoms with van der Waals surface area (Å²) in [5.74, 6) is 0. The fourth-order valence-electron chi connectivity index (χ4n) is 2.77. The largest absolute Gasteiger partial charge is 0.323 e. The fraction of sp³-hybridized carbons (Fsp3) is 0.600. The molecule has 1 aliphatic rings. The van der Waals surface area contributed by atoms with Crippen LogP contribution in [0, 0.1) is 0 Å². The Morgan fingerprint density at radius 2 is 1.72 bits per heavy atom. The first-order valence-electron chi connectivity index (χ1n) is 7.11. The highest BCUT2D eigenvalue weighted by molar-refractivity contribution is 6.30. The summed E-state index contributed by atoms with van der Waals surface area (Å²) < 4.78 is 0. The highest BCUT2D eigenvalue weighted by Crippen LogP contribution is 2.08. The summed E-state index contributed by atoms with van der Waals surface area (Å²) in [6.07, 6.45) is 1.29. The van der Waals surface area contributed by atoms with Crippen molar-refractivity contribution in [3.63, 3.8) is 0 Å². The molecule has 0 aromatic heterocycles. The van der Waals surface area contributed by atoms with Gasteiger partial charge in [-0.25, -0.2) is 0 Å². The van der Waals surface area contributed by atoms with E-state index in [1.54, 1.807) is 9.80 Å². The van der Waals surface area contributed by atoms with E-state index in [2.05, 4.69) is 26.0 Å². The van der Waals surface area contributed by atoms with Gasteiger partial charge in [0, 0.05) is 10.6 Å². The van der Waals surface area contributed by atoms with Crippen molar-refractivity contribution in [3.8, 4) is 0 Å². The highest BCUT2D eigenvalue weighted by Gasteiger charge is 2.25. The second kappa shape index (κ2) is 6.55. The van der Waals surface area contributed by atoms with Gasteiger partial charge in [-0.1, -0.05) is 30.7 Å². The Kier molecular flexibility index (Phi) is 5.04. The summed E-state index contributed by atoms with van der Waals surface area (Å²) in [4.78, 5) is 3.50. The lowest BCUT2D eigenvalue weighted by Crippen LogP contribution is -3.29. The fourth-order valence-corrected chi connectivity index (χ4v) is 2.90. The van der Waals surface area contributed by atoms with Gasteiger partial charge in [0.1, 0.15) is 32.7 Å². The molecule has 0 amide bonds. The number of hydrogen-bond donors (Lipinski definition) is 2. The molecule has 1 heterocycles. The van der Waals surface area contributed by atoms with E-state index >= 15 is 0 Å². The molecule has 3 heteroatoms. The van der Waals surface area contributed by atoms with Crippen LogP contribution in [0.3, 0.4) is 0 Å². The van der Waals surface area contributed by atoms with E-state index in [0.29, 0.717) is 0 Å². The summed E-state index contributed by atoms with van der Waals surface area (Å²) in [6.45, 7) is 11.0. The van der Waals surface area contributed by atoms with Crippen molar-refractivity contribution in [1.29, 1.82) is 0 Å². The van der Waals surface area contributed by atoms with Gasteiger partial charge in [0.05, 0.1) is 6.04 Å². The van der Waals surface area contributed by atoms with E-state index in [-0.39, 0.29) is 0 Å². The molecule has 1 aliphatic heterocycles. The van der Waals surface area contributed by atoms with Crippen molar-refractivity contribution in [2.75, 3.05) is 26.2 Å². The predicted molar refractivity (Wildman–Crippen MR) is 76.3 cm³/mol. The lowest BCUT2D eigenvalue weighted by molar-refractivity contribution is -1.03. The van der Waals surface area contributed by atoms with Crippen LogP contribution >= 0.6 is 11.6 Å². The van der Waals surface area contributed by atoms with Crippen LogP contribution in [-0.4, -0.2) is 32.2 Å². The van der Waals surface area contributed by atoms with Gasteiger partial charge in [0.25, 0.3) is 0 Å². The molecule has 1 aromatic carbocycles. The standard InChI is InChI=1S/C15H23ClN2/c1-3-13(2)18-10-8-17(9-11-18)12-14-4-6-15(16)7-5-14/h4-7,13H,3,8-12H2,1-2H3/p+2/t13-/m1/s1. The zero-order valence-corrected chi connectivity index (χ0v) is 12.3. The first kappa shape index (κ1) is 13.9. The average Bonchev–Trinajstić information content (AvgIpc) is 2.41. The van der Waals surface area contributed by atoms with Gasteiger partial charge < -0.3 is 9.80 Å². The summed E-state index contributed by atoms with van der Waals surface area (Å²) in [5.41, 5.74) is 1.40. The topological polar surface area (TPSA) is 8.88 Å². The van der Waals surface area contributed by atoms with Crippen LogP contribution in [0.25, 0.3) is 0 Å². The molecule has 0 unspecified atom stereocenters. The molecule has 2 rings (SSSR count). The minimum atomic E-state index is 0.821. The SMILES string of the molecule is CC[C@@H](C)[NH+]1CC[NH+](Cc2ccc(Cl)cc2)CC1. The second-order valence-electron chi connectivity index (χ2n) is 5.52. The minimum Gasteiger partial charge on any atom is -0.323 e. The summed E-state index contributed by atoms with van der Waals surface area (Å²) in [5, 5.41) is 0.833. The summed E-state index contributed by atoms with van der Waals surface area (Å²) in [7, 11) is 0. The molecule has 0 spiro atoms. The van der Waals surface area contributed by atoms with Gasteiger partial charge in [-0.05, 0) is 25.5 Å². The minimum absolute atomic E-state index is 0.821. The van der Waals surface area contributed by atoms with Crippen LogP contribution in [0.5, 0.6) is 0 Å². The Bertz CT molecular complexity index is 355. The van der Waals surface area contributed by atoms with E-state index in [1.807, 2.05) is 12.1 Å². The van der Waals surface area contributed by atoms with Crippen LogP contribution in [-0.2, 0) is 6.54 Å². The number of piperazine rings is 1. The third-order valence-electron chi connectivity index (χ3n) is 4.28. The highest BCUT2D eigenvalue weighted by atomic mass is 35.5. The van der Waals surface area contributed by atoms with Crippen LogP contribution < -0.4 is 9.80 Å². The van der Waals surface area contributed by atoms with Gasteiger partial charge in [0.15, 0.2) is 0 Å². The number of quaternary nitrogens is 2. The molecule has 18 heavy (non-hydrogen) atoms. The number of rotatable bonds is 4. The molecule has 1 fully saturated rings. The Morgan fingerprint density at radius 1 is 1.11 bits per heavy atom. The molecule has 0 aliphatic carbocycles. The zero-order valence-electron chi connectivity index (χ0n) is 11.5. The molecule has 2 N–H and O–H groups in total. The van der Waals surface area contributed by atoms with E-state index < -0.39 is 0 Å². The van der Waals surface area contributed by atoms with E-state index in [4.69, 9.17) is 11.6 Å². The smallest absolute Gasteiger partial charge is 0.127 e. The van der Waals surface area contributed by atoms with E-state index in [0.717, 1.165) is 17.6 Å². The lowest BCUT2D eigenvalue weighted by atomic mass is 10.1. The van der Waals surface area contributed by atoms with Crippen LogP contribution in [0.15, 0.2) is 24.3 Å². The Balaban J connectivity index is 1.81. The van der Waals surface area contributed by atoms with E-state index in [1.165, 1.54) is 38.2 Å². The van der Waals surface area contributed by atoms with Crippen molar-refractivity contribution in [2.45, 2.75) is 32.9 Å². The first-order chi connectivity index (χ1) is 8.69. The maximum atomic E-state index is 5.91. The monoisotopic (exact) mass is 268 g/mol. The molecular formula is C15H25ClN2+2. The van der Waals surface area contributed by atoms with Crippen LogP contribution in [0.4, 0.5) is 0 Å². The maximum Gasteiger partial charge on any atom is 0.127 e. The third kappa shape index (κ3) is 3.71. The molecule has 0 bridgehead atoms. The first-order valence-corrected chi connectivity index (χ1v) is 7.49. The molecule has 0 radical (unpaired) electrons. The van der Waals surface area contributed by atoms with Gasteiger partial charge in [-0.3, -0.25) is 0 Å². The van der Waals surface area contributed by atoms with Crippen molar-refractivity contribution < 1.29 is 9.80 Å². The summed E-state index contributed by atoms with van der Waals surface area (Å²) >= 11 is 5.91. The van der Waals surface area contributed by atoms with Crippen molar-refractivity contribution in [1.82, 2.24) is 0 Å². The Hall–Kier alpha value is -0.570. The van der Waals surface area contributed by atoms with Gasteiger partial charge in [0.2, 0.25) is 0 Å². The lowest BCUT2D eigenvalue weighted by Gasteiger charge is -2.33. The summed E-state index contributed by atoms with van der Waals surface area (Å²) in [6, 6.07) is 9.13. The normalized spacial score (nSPS) is 25.9. The molecule has 1 saturated heterocycles. The van der Waals surface area contributed by atoms with Crippen LogP contribution in [0.2, 0.25) is 5.02 Å². The quantitative estimate of drug-likeness (QED) is 0.784. The Labute approximate surface area is 116 Å². The average molecular weight is 269 g/mol. The predicted octanol–water partition coefficient (Wildman–Crippen LogP) is 0.422. The van der Waals surface area contributed by atoms with Crippen molar-refractivity contribution in [2.24, 2.45) is 0 Å². The van der Waals surface area contributed by atoms with Gasteiger partial charge in [-0.2, -0.15) is 0 Å². The third-order valence-corrected chi connectivity index (χ3v) is 4.53. The van der Waals surface area contributed by atoms with E-state index in [9.17, 15) is 0 Å². The Morgan fingerprint density at radius 3 is 2.28 bits per heavy atom. The molecule has 100 valence electrons. The van der Waals surface area contributed by atoms with Crippen molar-refractivity contribution in [3.05, 3.63) is 34.9 Å². The number of hydrogen-bond acceptors (Lipinski definition) is 0. The number of halogens is 1. The van der Waals surface area contributed by atoms with Gasteiger partial charge in [-0.15, -0.1) is 0 Å². The molecule has 1 aromatic rings. The van der Waals surface area contributed by atoms with Crippen LogP contribution in [0.1, 0.15) is 25.8 Å². The number of benzene rings is 1. The molecule has 0 saturated carbocycles. The molecule has 1 atom stereocenters. The number of nitrogens with one attached hydrogen (secondary N) is 2. The molecular weight excluding hydrogens is 244 g/mol. The zero-order chi connectivity index (χ0) is 13.0. The second-order valence-corrected chi connectivity index (χ2v) is 5.96. The van der Waals surface area contributed by atoms with Gasteiger partial charge >= 0.3 is 0 Å².